The van der Waals surface area contributed by atoms with Crippen molar-refractivity contribution in [2.75, 3.05) is 30.4 Å². The number of carbonyl (C=O) groups excluding carboxylic acids is 1. The van der Waals surface area contributed by atoms with Gasteiger partial charge in [-0.05, 0) is 18.9 Å². The Bertz CT molecular complexity index is 1120. The summed E-state index contributed by atoms with van der Waals surface area (Å²) < 4.78 is 5.25. The number of methoxy groups -OCH3 is 1. The van der Waals surface area contributed by atoms with Gasteiger partial charge < -0.3 is 15.0 Å². The Morgan fingerprint density at radius 1 is 1.19 bits per heavy atom. The molecule has 1 aromatic heterocycles. The van der Waals surface area contributed by atoms with Crippen molar-refractivity contribution in [1.82, 2.24) is 9.97 Å². The van der Waals surface area contributed by atoms with Crippen molar-refractivity contribution in [1.29, 1.82) is 0 Å². The summed E-state index contributed by atoms with van der Waals surface area (Å²) in [6, 6.07) is 15.9. The first-order valence-corrected chi connectivity index (χ1v) is 10.3. The number of nitro groups is 1. The van der Waals surface area contributed by atoms with E-state index in [1.807, 2.05) is 36.4 Å². The van der Waals surface area contributed by atoms with E-state index in [2.05, 4.69) is 20.2 Å². The summed E-state index contributed by atoms with van der Waals surface area (Å²) in [4.78, 5) is 34.4. The smallest absolute Gasteiger partial charge is 0.271 e. The molecule has 0 aliphatic carbocycles. The molecule has 1 amide bonds. The lowest BCUT2D eigenvalue weighted by Gasteiger charge is -2.33. The van der Waals surface area contributed by atoms with Gasteiger partial charge in [-0.1, -0.05) is 30.3 Å². The number of rotatable bonds is 6. The minimum Gasteiger partial charge on any atom is -0.495 e. The standard InChI is InChI=1S/C23H23N5O4/c1-32-21-10-9-18(28(30)31)12-20(21)26-23(29)17-8-5-11-27(14-17)22-13-19(24-15-25-22)16-6-3-2-4-7-16/h2-4,6-7,9-10,12-13,15,17H,5,8,11,14H2,1H3,(H,26,29). The van der Waals surface area contributed by atoms with Crippen LogP contribution in [-0.2, 0) is 4.79 Å². The zero-order valence-corrected chi connectivity index (χ0v) is 17.6. The van der Waals surface area contributed by atoms with Gasteiger partial charge in [-0.2, -0.15) is 0 Å². The fourth-order valence-corrected chi connectivity index (χ4v) is 3.83. The average Bonchev–Trinajstić information content (AvgIpc) is 2.84. The molecule has 9 nitrogen and oxygen atoms in total. The minimum atomic E-state index is -0.503. The predicted molar refractivity (Wildman–Crippen MR) is 121 cm³/mol. The first-order valence-electron chi connectivity index (χ1n) is 10.3. The van der Waals surface area contributed by atoms with Crippen molar-refractivity contribution in [3.05, 3.63) is 71.0 Å². The largest absolute Gasteiger partial charge is 0.495 e. The fraction of sp³-hybridized carbons (Fsp3) is 0.261. The number of hydrogen-bond acceptors (Lipinski definition) is 7. The number of hydrogen-bond donors (Lipinski definition) is 1. The van der Waals surface area contributed by atoms with E-state index in [1.165, 1.54) is 31.6 Å². The molecule has 9 heteroatoms. The number of benzene rings is 2. The predicted octanol–water partition coefficient (Wildman–Crippen LogP) is 3.92. The lowest BCUT2D eigenvalue weighted by atomic mass is 9.97. The van der Waals surface area contributed by atoms with Crippen LogP contribution in [0, 0.1) is 16.0 Å². The molecule has 164 valence electrons. The van der Waals surface area contributed by atoms with E-state index in [9.17, 15) is 14.9 Å². The third-order valence-corrected chi connectivity index (χ3v) is 5.49. The fourth-order valence-electron chi connectivity index (χ4n) is 3.83. The second-order valence-electron chi connectivity index (χ2n) is 7.54. The first kappa shape index (κ1) is 21.2. The molecule has 32 heavy (non-hydrogen) atoms. The molecular formula is C23H23N5O4. The Kier molecular flexibility index (Phi) is 6.25. The van der Waals surface area contributed by atoms with Crippen molar-refractivity contribution in [2.24, 2.45) is 5.92 Å². The van der Waals surface area contributed by atoms with E-state index in [1.54, 1.807) is 0 Å². The molecule has 1 unspecified atom stereocenters. The van der Waals surface area contributed by atoms with E-state index in [0.29, 0.717) is 12.3 Å². The van der Waals surface area contributed by atoms with E-state index in [-0.39, 0.29) is 23.2 Å². The Labute approximate surface area is 185 Å². The lowest BCUT2D eigenvalue weighted by molar-refractivity contribution is -0.384. The number of nitrogens with one attached hydrogen (secondary N) is 1. The van der Waals surface area contributed by atoms with Crippen LogP contribution in [0.5, 0.6) is 5.75 Å². The topological polar surface area (TPSA) is 110 Å². The highest BCUT2D eigenvalue weighted by Gasteiger charge is 2.28. The summed E-state index contributed by atoms with van der Waals surface area (Å²) >= 11 is 0. The summed E-state index contributed by atoms with van der Waals surface area (Å²) in [5.74, 6) is 0.651. The molecule has 1 aliphatic rings. The zero-order chi connectivity index (χ0) is 22.5. The molecule has 4 rings (SSSR count). The number of ether oxygens (including phenoxy) is 1. The summed E-state index contributed by atoms with van der Waals surface area (Å²) in [5, 5.41) is 13.9. The molecule has 0 radical (unpaired) electrons. The van der Waals surface area contributed by atoms with Crippen LogP contribution in [0.15, 0.2) is 60.9 Å². The van der Waals surface area contributed by atoms with Gasteiger partial charge in [0.1, 0.15) is 17.9 Å². The molecule has 0 spiro atoms. The third-order valence-electron chi connectivity index (χ3n) is 5.49. The number of nitrogens with zero attached hydrogens (tertiary/aromatic N) is 4. The van der Waals surface area contributed by atoms with Crippen molar-refractivity contribution in [2.45, 2.75) is 12.8 Å². The van der Waals surface area contributed by atoms with Gasteiger partial charge in [-0.3, -0.25) is 14.9 Å². The molecule has 0 bridgehead atoms. The number of anilines is 2. The highest BCUT2D eigenvalue weighted by atomic mass is 16.6. The quantitative estimate of drug-likeness (QED) is 0.463. The Morgan fingerprint density at radius 3 is 2.75 bits per heavy atom. The van der Waals surface area contributed by atoms with Gasteiger partial charge in [0, 0.05) is 36.9 Å². The second-order valence-corrected chi connectivity index (χ2v) is 7.54. The molecule has 3 aromatic rings. The molecular weight excluding hydrogens is 410 g/mol. The van der Waals surface area contributed by atoms with Gasteiger partial charge >= 0.3 is 0 Å². The van der Waals surface area contributed by atoms with Crippen LogP contribution >= 0.6 is 0 Å². The van der Waals surface area contributed by atoms with Crippen LogP contribution in [0.3, 0.4) is 0 Å². The molecule has 1 aliphatic heterocycles. The second kappa shape index (κ2) is 9.42. The summed E-state index contributed by atoms with van der Waals surface area (Å²) in [5.41, 5.74) is 2.00. The van der Waals surface area contributed by atoms with Gasteiger partial charge in [0.15, 0.2) is 0 Å². The zero-order valence-electron chi connectivity index (χ0n) is 17.6. The van der Waals surface area contributed by atoms with Crippen LogP contribution < -0.4 is 15.0 Å². The highest BCUT2D eigenvalue weighted by Crippen LogP contribution is 2.31. The lowest BCUT2D eigenvalue weighted by Crippen LogP contribution is -2.41. The van der Waals surface area contributed by atoms with E-state index >= 15 is 0 Å². The van der Waals surface area contributed by atoms with Crippen LogP contribution in [0.1, 0.15) is 12.8 Å². The van der Waals surface area contributed by atoms with Crippen molar-refractivity contribution < 1.29 is 14.5 Å². The number of nitro benzene ring substituents is 1. The molecule has 1 atom stereocenters. The molecule has 1 fully saturated rings. The first-order chi connectivity index (χ1) is 15.5. The molecule has 1 saturated heterocycles. The normalized spacial score (nSPS) is 15.8. The maximum absolute atomic E-state index is 13.0. The number of carbonyl (C=O) groups is 1. The Hall–Kier alpha value is -4.01. The molecule has 2 aromatic carbocycles. The Balaban J connectivity index is 1.50. The van der Waals surface area contributed by atoms with E-state index in [4.69, 9.17) is 4.74 Å². The van der Waals surface area contributed by atoms with E-state index < -0.39 is 4.92 Å². The highest BCUT2D eigenvalue weighted by molar-refractivity contribution is 5.94. The number of aromatic nitrogens is 2. The van der Waals surface area contributed by atoms with Gasteiger partial charge in [0.05, 0.1) is 29.3 Å². The minimum absolute atomic E-state index is 0.110. The summed E-state index contributed by atoms with van der Waals surface area (Å²) in [7, 11) is 1.46. The molecule has 0 saturated carbocycles. The average molecular weight is 433 g/mol. The van der Waals surface area contributed by atoms with Crippen molar-refractivity contribution in [3.8, 4) is 17.0 Å². The number of amides is 1. The molecule has 2 heterocycles. The third kappa shape index (κ3) is 4.66. The summed E-state index contributed by atoms with van der Waals surface area (Å²) in [6.07, 6.45) is 3.08. The van der Waals surface area contributed by atoms with Gasteiger partial charge in [0.2, 0.25) is 5.91 Å². The van der Waals surface area contributed by atoms with Crippen molar-refractivity contribution in [3.63, 3.8) is 0 Å². The van der Waals surface area contributed by atoms with Crippen LogP contribution in [0.4, 0.5) is 17.2 Å². The van der Waals surface area contributed by atoms with Crippen LogP contribution in [-0.4, -0.2) is 41.0 Å². The van der Waals surface area contributed by atoms with Gasteiger partial charge in [-0.25, -0.2) is 9.97 Å². The summed E-state index contributed by atoms with van der Waals surface area (Å²) in [6.45, 7) is 1.28. The van der Waals surface area contributed by atoms with Crippen LogP contribution in [0.2, 0.25) is 0 Å². The number of non-ortho nitro benzene ring substituents is 1. The number of piperidine rings is 1. The maximum atomic E-state index is 13.0. The molecule has 1 N–H and O–H groups in total. The van der Waals surface area contributed by atoms with E-state index in [0.717, 1.165) is 36.5 Å². The van der Waals surface area contributed by atoms with Gasteiger partial charge in [0.25, 0.3) is 5.69 Å². The monoisotopic (exact) mass is 433 g/mol. The Morgan fingerprint density at radius 2 is 2.00 bits per heavy atom. The van der Waals surface area contributed by atoms with Crippen molar-refractivity contribution >= 4 is 23.1 Å². The SMILES string of the molecule is COc1ccc([N+](=O)[O-])cc1NC(=O)C1CCCN(c2cc(-c3ccccc3)ncn2)C1. The van der Waals surface area contributed by atoms with Gasteiger partial charge in [-0.15, -0.1) is 0 Å². The maximum Gasteiger partial charge on any atom is 0.271 e. The van der Waals surface area contributed by atoms with Crippen LogP contribution in [0.25, 0.3) is 11.3 Å².